The van der Waals surface area contributed by atoms with Crippen LogP contribution in [0.1, 0.15) is 31.4 Å². The topological polar surface area (TPSA) is 53.1 Å². The highest BCUT2D eigenvalue weighted by Gasteiger charge is 1.97. The van der Waals surface area contributed by atoms with Crippen molar-refractivity contribution in [3.8, 4) is 0 Å². The van der Waals surface area contributed by atoms with E-state index in [1.165, 1.54) is 5.56 Å². The predicted molar refractivity (Wildman–Crippen MR) is 79.3 cm³/mol. The van der Waals surface area contributed by atoms with Crippen molar-refractivity contribution < 1.29 is 9.90 Å². The molecule has 1 heterocycles. The molecule has 0 aliphatic carbocycles. The molecular formula is C16H23NO2. The minimum atomic E-state index is -0.740. The third-order valence-electron chi connectivity index (χ3n) is 2.24. The first-order valence-corrected chi connectivity index (χ1v) is 6.53. The van der Waals surface area contributed by atoms with Gasteiger partial charge in [0.05, 0.1) is 0 Å². The Bertz CT molecular complexity index is 401. The van der Waals surface area contributed by atoms with Gasteiger partial charge in [0.1, 0.15) is 0 Å². The van der Waals surface area contributed by atoms with E-state index < -0.39 is 5.97 Å². The molecule has 0 amide bonds. The van der Waals surface area contributed by atoms with E-state index in [1.54, 1.807) is 0 Å². The van der Waals surface area contributed by atoms with Crippen LogP contribution >= 0.6 is 0 Å². The van der Waals surface area contributed by atoms with Gasteiger partial charge in [-0.25, -0.2) is 0 Å². The second-order valence-electron chi connectivity index (χ2n) is 3.76. The van der Waals surface area contributed by atoms with E-state index in [1.807, 2.05) is 69.6 Å². The van der Waals surface area contributed by atoms with E-state index in [4.69, 9.17) is 5.11 Å². The first-order valence-electron chi connectivity index (χ1n) is 6.53. The van der Waals surface area contributed by atoms with Crippen LogP contribution in [0.25, 0.3) is 0 Å². The summed E-state index contributed by atoms with van der Waals surface area (Å²) < 4.78 is 0. The zero-order chi connectivity index (χ0) is 14.5. The van der Waals surface area contributed by atoms with Gasteiger partial charge in [-0.05, 0) is 31.0 Å². The zero-order valence-corrected chi connectivity index (χ0v) is 11.9. The molecule has 0 aliphatic heterocycles. The molecule has 2 aromatic rings. The van der Waals surface area contributed by atoms with Crippen LogP contribution in [-0.4, -0.2) is 16.1 Å². The fraction of sp³-hybridized carbons (Fsp3) is 0.312. The van der Waals surface area contributed by atoms with Crippen LogP contribution < -0.4 is 0 Å². The predicted octanol–water partition coefficient (Wildman–Crippen LogP) is 4.05. The molecule has 1 aromatic heterocycles. The van der Waals surface area contributed by atoms with Crippen LogP contribution in [0.15, 0.2) is 48.8 Å². The van der Waals surface area contributed by atoms with Gasteiger partial charge in [-0.2, -0.15) is 0 Å². The molecule has 19 heavy (non-hydrogen) atoms. The number of rotatable bonds is 3. The van der Waals surface area contributed by atoms with E-state index in [9.17, 15) is 4.79 Å². The van der Waals surface area contributed by atoms with Gasteiger partial charge < -0.3 is 10.1 Å². The zero-order valence-electron chi connectivity index (χ0n) is 11.9. The van der Waals surface area contributed by atoms with Crippen LogP contribution in [0.4, 0.5) is 0 Å². The number of carboxylic acid groups (broad SMARTS) is 1. The van der Waals surface area contributed by atoms with E-state index >= 15 is 0 Å². The number of H-pyrrole nitrogens is 1. The summed E-state index contributed by atoms with van der Waals surface area (Å²) in [7, 11) is 0. The van der Waals surface area contributed by atoms with Gasteiger partial charge in [0.2, 0.25) is 0 Å². The quantitative estimate of drug-likeness (QED) is 0.875. The van der Waals surface area contributed by atoms with Crippen LogP contribution in [0.3, 0.4) is 0 Å². The number of nitrogens with one attached hydrogen (secondary N) is 1. The molecule has 1 aromatic carbocycles. The molecule has 0 spiro atoms. The number of carbonyl (C=O) groups is 1. The summed E-state index contributed by atoms with van der Waals surface area (Å²) in [6, 6.07) is 11.8. The van der Waals surface area contributed by atoms with Gasteiger partial charge in [-0.3, -0.25) is 4.79 Å². The molecule has 0 atom stereocenters. The highest BCUT2D eigenvalue weighted by Crippen LogP contribution is 2.05. The van der Waals surface area contributed by atoms with Gasteiger partial charge in [-0.1, -0.05) is 43.7 Å². The number of aliphatic carboxylic acids is 1. The van der Waals surface area contributed by atoms with Crippen molar-refractivity contribution >= 4 is 5.97 Å². The van der Waals surface area contributed by atoms with Crippen LogP contribution in [0, 0.1) is 6.92 Å². The smallest absolute Gasteiger partial charge is 0.303 e. The number of carboxylic acids is 1. The Balaban J connectivity index is 0.000000383. The number of aromatic amines is 1. The standard InChI is InChI=1S/C10H12O2.C4H5N.C2H6/c1-8-2-4-9(5-3-8)6-7-10(11)12;1-2-4-5-3-1;1-2/h2-5H,6-7H2,1H3,(H,11,12);1-5H;1-2H3. The summed E-state index contributed by atoms with van der Waals surface area (Å²) in [4.78, 5) is 13.1. The lowest BCUT2D eigenvalue weighted by Gasteiger charge is -1.98. The van der Waals surface area contributed by atoms with Gasteiger partial charge >= 0.3 is 5.97 Å². The van der Waals surface area contributed by atoms with E-state index in [2.05, 4.69) is 4.98 Å². The molecule has 0 saturated carbocycles. The molecule has 0 bridgehead atoms. The molecular weight excluding hydrogens is 238 g/mol. The van der Waals surface area contributed by atoms with Crippen molar-refractivity contribution in [1.82, 2.24) is 4.98 Å². The number of hydrogen-bond acceptors (Lipinski definition) is 1. The van der Waals surface area contributed by atoms with Crippen LogP contribution in [-0.2, 0) is 11.2 Å². The second-order valence-corrected chi connectivity index (χ2v) is 3.76. The SMILES string of the molecule is CC.Cc1ccc(CCC(=O)O)cc1.c1cc[nH]c1. The van der Waals surface area contributed by atoms with Crippen LogP contribution in [0.2, 0.25) is 0 Å². The van der Waals surface area contributed by atoms with E-state index in [-0.39, 0.29) is 6.42 Å². The highest BCUT2D eigenvalue weighted by molar-refractivity contribution is 5.67. The summed E-state index contributed by atoms with van der Waals surface area (Å²) in [6.07, 6.45) is 4.58. The lowest BCUT2D eigenvalue weighted by atomic mass is 10.1. The van der Waals surface area contributed by atoms with Crippen molar-refractivity contribution in [2.75, 3.05) is 0 Å². The fourth-order valence-corrected chi connectivity index (χ4v) is 1.28. The Hall–Kier alpha value is -2.03. The first-order chi connectivity index (χ1) is 9.18. The number of aromatic nitrogens is 1. The van der Waals surface area contributed by atoms with E-state index in [0.29, 0.717) is 6.42 Å². The maximum absolute atomic E-state index is 10.2. The Kier molecular flexibility index (Phi) is 9.90. The van der Waals surface area contributed by atoms with Crippen molar-refractivity contribution in [3.63, 3.8) is 0 Å². The van der Waals surface area contributed by atoms with Gasteiger partial charge in [0.25, 0.3) is 0 Å². The number of aryl methyl sites for hydroxylation is 2. The number of benzene rings is 1. The normalized spacial score (nSPS) is 8.58. The molecule has 0 fully saturated rings. The molecule has 0 radical (unpaired) electrons. The fourth-order valence-electron chi connectivity index (χ4n) is 1.28. The van der Waals surface area contributed by atoms with Gasteiger partial charge in [0, 0.05) is 18.8 Å². The Labute approximate surface area is 115 Å². The molecule has 2 rings (SSSR count). The number of hydrogen-bond donors (Lipinski definition) is 2. The Morgan fingerprint density at radius 1 is 1.11 bits per heavy atom. The first kappa shape index (κ1) is 17.0. The highest BCUT2D eigenvalue weighted by atomic mass is 16.4. The lowest BCUT2D eigenvalue weighted by molar-refractivity contribution is -0.136. The average molecular weight is 261 g/mol. The van der Waals surface area contributed by atoms with Crippen molar-refractivity contribution in [2.45, 2.75) is 33.6 Å². The third-order valence-corrected chi connectivity index (χ3v) is 2.24. The summed E-state index contributed by atoms with van der Waals surface area (Å²) in [6.45, 7) is 6.01. The maximum Gasteiger partial charge on any atom is 0.303 e. The van der Waals surface area contributed by atoms with Gasteiger partial charge in [0.15, 0.2) is 0 Å². The molecule has 3 heteroatoms. The lowest BCUT2D eigenvalue weighted by Crippen LogP contribution is -1.97. The van der Waals surface area contributed by atoms with Crippen molar-refractivity contribution in [2.24, 2.45) is 0 Å². The summed E-state index contributed by atoms with van der Waals surface area (Å²) in [5.41, 5.74) is 2.29. The second kappa shape index (κ2) is 11.1. The summed E-state index contributed by atoms with van der Waals surface area (Å²) in [5.74, 6) is -0.740. The average Bonchev–Trinajstić information content (AvgIpc) is 2.99. The van der Waals surface area contributed by atoms with Crippen molar-refractivity contribution in [3.05, 3.63) is 59.9 Å². The molecule has 2 N–H and O–H groups in total. The maximum atomic E-state index is 10.2. The molecule has 0 saturated heterocycles. The van der Waals surface area contributed by atoms with Crippen molar-refractivity contribution in [1.29, 1.82) is 0 Å². The summed E-state index contributed by atoms with van der Waals surface area (Å²) in [5, 5.41) is 8.43. The molecule has 0 aliphatic rings. The Morgan fingerprint density at radius 2 is 1.63 bits per heavy atom. The summed E-state index contributed by atoms with van der Waals surface area (Å²) >= 11 is 0. The minimum Gasteiger partial charge on any atom is -0.481 e. The van der Waals surface area contributed by atoms with E-state index in [0.717, 1.165) is 5.56 Å². The largest absolute Gasteiger partial charge is 0.481 e. The van der Waals surface area contributed by atoms with Gasteiger partial charge in [-0.15, -0.1) is 0 Å². The third kappa shape index (κ3) is 9.65. The Morgan fingerprint density at radius 3 is 2.00 bits per heavy atom. The minimum absolute atomic E-state index is 0.211. The molecule has 104 valence electrons. The van der Waals surface area contributed by atoms with Crippen LogP contribution in [0.5, 0.6) is 0 Å². The molecule has 0 unspecified atom stereocenters. The molecule has 3 nitrogen and oxygen atoms in total. The monoisotopic (exact) mass is 261 g/mol.